The van der Waals surface area contributed by atoms with E-state index in [-0.39, 0.29) is 24.5 Å². The Hall–Kier alpha value is -3.26. The van der Waals surface area contributed by atoms with Gasteiger partial charge in [0.25, 0.3) is 0 Å². The molecular weight excluding hydrogens is 398 g/mol. The van der Waals surface area contributed by atoms with Crippen LogP contribution >= 0.6 is 12.2 Å². The second-order valence-corrected chi connectivity index (χ2v) is 7.53. The van der Waals surface area contributed by atoms with Crippen LogP contribution in [0.3, 0.4) is 0 Å². The third-order valence-electron chi connectivity index (χ3n) is 5.21. The summed E-state index contributed by atoms with van der Waals surface area (Å²) >= 11 is 5.64. The molecule has 0 saturated carbocycles. The van der Waals surface area contributed by atoms with Crippen LogP contribution in [0.2, 0.25) is 0 Å². The number of methoxy groups -OCH3 is 1. The van der Waals surface area contributed by atoms with E-state index in [1.54, 1.807) is 6.20 Å². The second-order valence-electron chi connectivity index (χ2n) is 7.14. The molecule has 154 valence electrons. The lowest BCUT2D eigenvalue weighted by atomic mass is 10.0. The van der Waals surface area contributed by atoms with Crippen molar-refractivity contribution in [1.29, 1.82) is 0 Å². The minimum absolute atomic E-state index is 0.157. The first-order valence-electron chi connectivity index (χ1n) is 9.73. The van der Waals surface area contributed by atoms with Crippen molar-refractivity contribution in [2.75, 3.05) is 13.7 Å². The zero-order valence-electron chi connectivity index (χ0n) is 16.9. The topological polar surface area (TPSA) is 72.3 Å². The highest BCUT2D eigenvalue weighted by Crippen LogP contribution is 2.39. The van der Waals surface area contributed by atoms with Gasteiger partial charge in [0, 0.05) is 30.8 Å². The fraction of sp³-hybridized carbons (Fsp3) is 0.273. The number of pyridine rings is 2. The summed E-state index contributed by atoms with van der Waals surface area (Å²) in [5.41, 5.74) is 3.00. The Balaban J connectivity index is 1.75. The lowest BCUT2D eigenvalue weighted by Gasteiger charge is -2.28. The zero-order valence-corrected chi connectivity index (χ0v) is 17.7. The number of aryl methyl sites for hydroxylation is 1. The van der Waals surface area contributed by atoms with Crippen molar-refractivity contribution < 1.29 is 9.53 Å². The molecule has 0 radical (unpaired) electrons. The molecule has 1 fully saturated rings. The molecule has 0 bridgehead atoms. The van der Waals surface area contributed by atoms with E-state index in [1.807, 2.05) is 60.6 Å². The van der Waals surface area contributed by atoms with Crippen molar-refractivity contribution in [2.24, 2.45) is 0 Å². The van der Waals surface area contributed by atoms with Gasteiger partial charge in [-0.05, 0) is 55.0 Å². The van der Waals surface area contributed by atoms with Gasteiger partial charge in [-0.15, -0.1) is 0 Å². The Kier molecular flexibility index (Phi) is 5.76. The molecule has 0 unspecified atom stereocenters. The standard InChI is InChI=1S/C22H23N5O2S/c1-15-8-9-18(24-14-15)26-12-5-7-17(26)21-20(16-6-3-4-11-23-16)25-22(30)27(21)13-10-19(28)29-2/h3-9,11-12,14,20-21H,10,13H2,1-2H3,(H,25,30)/t20-,21+/m1/s1. The second kappa shape index (κ2) is 8.62. The molecule has 1 aliphatic rings. The van der Waals surface area contributed by atoms with Gasteiger partial charge in [-0.3, -0.25) is 9.78 Å². The van der Waals surface area contributed by atoms with Gasteiger partial charge in [0.2, 0.25) is 0 Å². The minimum Gasteiger partial charge on any atom is -0.469 e. The molecule has 2 atom stereocenters. The third kappa shape index (κ3) is 3.91. The number of hydrogen-bond donors (Lipinski definition) is 1. The molecular formula is C22H23N5O2S. The van der Waals surface area contributed by atoms with E-state index in [2.05, 4.69) is 25.9 Å². The Morgan fingerprint density at radius 1 is 1.20 bits per heavy atom. The first-order chi connectivity index (χ1) is 14.6. The molecule has 1 N–H and O–H groups in total. The Labute approximate surface area is 180 Å². The molecule has 3 aromatic heterocycles. The summed E-state index contributed by atoms with van der Waals surface area (Å²) in [5.74, 6) is 0.555. The molecule has 7 nitrogen and oxygen atoms in total. The summed E-state index contributed by atoms with van der Waals surface area (Å²) in [6, 6.07) is 13.6. The highest BCUT2D eigenvalue weighted by atomic mass is 32.1. The lowest BCUT2D eigenvalue weighted by molar-refractivity contribution is -0.140. The molecule has 0 amide bonds. The summed E-state index contributed by atoms with van der Waals surface area (Å²) in [4.78, 5) is 23.0. The Morgan fingerprint density at radius 2 is 2.07 bits per heavy atom. The number of rotatable bonds is 6. The van der Waals surface area contributed by atoms with Gasteiger partial charge >= 0.3 is 5.97 Å². The number of esters is 1. The van der Waals surface area contributed by atoms with Crippen LogP contribution in [-0.4, -0.2) is 44.2 Å². The van der Waals surface area contributed by atoms with E-state index >= 15 is 0 Å². The van der Waals surface area contributed by atoms with E-state index in [9.17, 15) is 4.79 Å². The number of carbonyl (C=O) groups is 1. The summed E-state index contributed by atoms with van der Waals surface area (Å²) in [5, 5.41) is 3.98. The number of nitrogens with one attached hydrogen (secondary N) is 1. The molecule has 30 heavy (non-hydrogen) atoms. The molecule has 0 spiro atoms. The highest BCUT2D eigenvalue weighted by molar-refractivity contribution is 7.80. The maximum atomic E-state index is 11.8. The van der Waals surface area contributed by atoms with E-state index in [1.165, 1.54) is 7.11 Å². The lowest BCUT2D eigenvalue weighted by Crippen LogP contribution is -2.32. The SMILES string of the molecule is COC(=O)CCN1C(=S)N[C@H](c2ccccn2)[C@@H]1c1cccn1-c1ccc(C)cn1. The maximum absolute atomic E-state index is 11.8. The molecule has 4 rings (SSSR count). The summed E-state index contributed by atoms with van der Waals surface area (Å²) < 4.78 is 6.89. The normalized spacial score (nSPS) is 18.3. The first kappa shape index (κ1) is 20.0. The smallest absolute Gasteiger partial charge is 0.307 e. The number of nitrogens with zero attached hydrogens (tertiary/aromatic N) is 4. The molecule has 0 aliphatic carbocycles. The summed E-state index contributed by atoms with van der Waals surface area (Å²) in [6.07, 6.45) is 5.85. The van der Waals surface area contributed by atoms with Crippen LogP contribution in [0.4, 0.5) is 0 Å². The van der Waals surface area contributed by atoms with Crippen LogP contribution in [0.15, 0.2) is 61.1 Å². The zero-order chi connectivity index (χ0) is 21.1. The largest absolute Gasteiger partial charge is 0.469 e. The van der Waals surface area contributed by atoms with Crippen molar-refractivity contribution in [3.8, 4) is 5.82 Å². The van der Waals surface area contributed by atoms with Crippen molar-refractivity contribution in [3.05, 3.63) is 78.0 Å². The van der Waals surface area contributed by atoms with Crippen LogP contribution in [0.25, 0.3) is 5.82 Å². The quantitative estimate of drug-likeness (QED) is 0.484. The van der Waals surface area contributed by atoms with E-state index < -0.39 is 0 Å². The molecule has 4 heterocycles. The fourth-order valence-electron chi connectivity index (χ4n) is 3.73. The van der Waals surface area contributed by atoms with Gasteiger partial charge in [0.1, 0.15) is 5.82 Å². The predicted molar refractivity (Wildman–Crippen MR) is 117 cm³/mol. The van der Waals surface area contributed by atoms with Gasteiger partial charge in [0.15, 0.2) is 5.11 Å². The van der Waals surface area contributed by atoms with Gasteiger partial charge in [-0.2, -0.15) is 0 Å². The van der Waals surface area contributed by atoms with Gasteiger partial charge in [-0.25, -0.2) is 4.98 Å². The number of aromatic nitrogens is 3. The van der Waals surface area contributed by atoms with Crippen LogP contribution in [0, 0.1) is 6.92 Å². The third-order valence-corrected chi connectivity index (χ3v) is 5.56. The predicted octanol–water partition coefficient (Wildman–Crippen LogP) is 3.11. The van der Waals surface area contributed by atoms with Gasteiger partial charge < -0.3 is 19.5 Å². The average Bonchev–Trinajstić information content (AvgIpc) is 3.37. The fourth-order valence-corrected chi connectivity index (χ4v) is 4.06. The van der Waals surface area contributed by atoms with Crippen LogP contribution in [-0.2, 0) is 9.53 Å². The van der Waals surface area contributed by atoms with E-state index in [4.69, 9.17) is 17.0 Å². The maximum Gasteiger partial charge on any atom is 0.307 e. The van der Waals surface area contributed by atoms with Crippen LogP contribution < -0.4 is 5.32 Å². The Morgan fingerprint density at radius 3 is 2.77 bits per heavy atom. The van der Waals surface area contributed by atoms with E-state index in [0.717, 1.165) is 22.8 Å². The van der Waals surface area contributed by atoms with Crippen molar-refractivity contribution >= 4 is 23.3 Å². The monoisotopic (exact) mass is 421 g/mol. The van der Waals surface area contributed by atoms with Gasteiger partial charge in [0.05, 0.1) is 31.3 Å². The minimum atomic E-state index is -0.270. The van der Waals surface area contributed by atoms with Crippen LogP contribution in [0.5, 0.6) is 0 Å². The van der Waals surface area contributed by atoms with Crippen LogP contribution in [0.1, 0.15) is 35.5 Å². The highest BCUT2D eigenvalue weighted by Gasteiger charge is 2.41. The first-order valence-corrected chi connectivity index (χ1v) is 10.1. The molecule has 0 aromatic carbocycles. The summed E-state index contributed by atoms with van der Waals surface area (Å²) in [7, 11) is 1.39. The molecule has 3 aromatic rings. The number of ether oxygens (including phenoxy) is 1. The Bertz CT molecular complexity index is 1040. The number of carbonyl (C=O) groups excluding carboxylic acids is 1. The molecule has 1 saturated heterocycles. The summed E-state index contributed by atoms with van der Waals surface area (Å²) in [6.45, 7) is 2.46. The molecule has 1 aliphatic heterocycles. The van der Waals surface area contributed by atoms with Crippen molar-refractivity contribution in [2.45, 2.75) is 25.4 Å². The molecule has 8 heteroatoms. The average molecular weight is 422 g/mol. The van der Waals surface area contributed by atoms with Crippen molar-refractivity contribution in [3.63, 3.8) is 0 Å². The number of thiocarbonyl (C=S) groups is 1. The number of hydrogen-bond acceptors (Lipinski definition) is 5. The van der Waals surface area contributed by atoms with E-state index in [0.29, 0.717) is 11.7 Å². The van der Waals surface area contributed by atoms with Crippen molar-refractivity contribution in [1.82, 2.24) is 24.8 Å². The van der Waals surface area contributed by atoms with Gasteiger partial charge in [-0.1, -0.05) is 12.1 Å².